The minimum absolute atomic E-state index is 0.253. The van der Waals surface area contributed by atoms with Crippen molar-refractivity contribution in [2.24, 2.45) is 0 Å². The highest BCUT2D eigenvalue weighted by Crippen LogP contribution is 2.24. The molecule has 0 saturated heterocycles. The average Bonchev–Trinajstić information content (AvgIpc) is 2.97. The Morgan fingerprint density at radius 3 is 1.90 bits per heavy atom. The van der Waals surface area contributed by atoms with Crippen molar-refractivity contribution in [3.63, 3.8) is 0 Å². The summed E-state index contributed by atoms with van der Waals surface area (Å²) in [5, 5.41) is 0. The lowest BCUT2D eigenvalue weighted by atomic mass is 10.0. The number of cyclic esters (lactones) is 1. The van der Waals surface area contributed by atoms with Gasteiger partial charge in [-0.05, 0) is 16.7 Å². The maximum atomic E-state index is 11.0. The van der Waals surface area contributed by atoms with Crippen molar-refractivity contribution < 1.29 is 9.53 Å². The van der Waals surface area contributed by atoms with Gasteiger partial charge >= 0.3 is 5.97 Å². The molecule has 2 heteroatoms. The van der Waals surface area contributed by atoms with Gasteiger partial charge in [-0.15, -0.1) is 0 Å². The van der Waals surface area contributed by atoms with E-state index in [0.717, 1.165) is 11.1 Å². The average molecular weight is 266 g/mol. The first kappa shape index (κ1) is 14.1. The Hall–Kier alpha value is -2.35. The van der Waals surface area contributed by atoms with Gasteiger partial charge in [0.2, 0.25) is 0 Å². The van der Waals surface area contributed by atoms with Gasteiger partial charge in [0.15, 0.2) is 0 Å². The molecule has 0 bridgehead atoms. The molecule has 0 fully saturated rings. The van der Waals surface area contributed by atoms with E-state index in [-0.39, 0.29) is 5.97 Å². The van der Waals surface area contributed by atoms with Crippen LogP contribution in [0.4, 0.5) is 0 Å². The molecule has 2 aromatic carbocycles. The molecular weight excluding hydrogens is 248 g/mol. The maximum absolute atomic E-state index is 11.0. The van der Waals surface area contributed by atoms with Crippen molar-refractivity contribution in [3.8, 4) is 11.1 Å². The first-order chi connectivity index (χ1) is 9.83. The fraction of sp³-hybridized carbons (Fsp3) is 0.167. The van der Waals surface area contributed by atoms with Crippen molar-refractivity contribution in [2.45, 2.75) is 13.8 Å². The Balaban J connectivity index is 0.000000704. The molecule has 3 rings (SSSR count). The van der Waals surface area contributed by atoms with Gasteiger partial charge in [0.1, 0.15) is 6.61 Å². The van der Waals surface area contributed by atoms with Crippen LogP contribution in [0.5, 0.6) is 0 Å². The van der Waals surface area contributed by atoms with E-state index in [1.165, 1.54) is 11.1 Å². The molecule has 1 aliphatic heterocycles. The summed E-state index contributed by atoms with van der Waals surface area (Å²) < 4.78 is 4.90. The van der Waals surface area contributed by atoms with E-state index in [0.29, 0.717) is 6.61 Å². The summed E-state index contributed by atoms with van der Waals surface area (Å²) in [5.74, 6) is -0.253. The Bertz CT molecular complexity index is 595. The zero-order chi connectivity index (χ0) is 14.4. The summed E-state index contributed by atoms with van der Waals surface area (Å²) in [6, 6.07) is 18.4. The third-order valence-electron chi connectivity index (χ3n) is 3.02. The molecule has 2 nitrogen and oxygen atoms in total. The van der Waals surface area contributed by atoms with E-state index >= 15 is 0 Å². The van der Waals surface area contributed by atoms with Crippen molar-refractivity contribution >= 4 is 11.5 Å². The lowest BCUT2D eigenvalue weighted by Crippen LogP contribution is -1.91. The normalized spacial score (nSPS) is 13.1. The fourth-order valence-corrected chi connectivity index (χ4v) is 2.05. The van der Waals surface area contributed by atoms with Gasteiger partial charge in [0, 0.05) is 11.6 Å². The van der Waals surface area contributed by atoms with Crippen LogP contribution in [-0.2, 0) is 9.53 Å². The molecular formula is C18H18O2. The van der Waals surface area contributed by atoms with Crippen LogP contribution in [0.1, 0.15) is 19.4 Å². The molecule has 0 N–H and O–H groups in total. The minimum atomic E-state index is -0.253. The zero-order valence-corrected chi connectivity index (χ0v) is 11.8. The smallest absolute Gasteiger partial charge is 0.331 e. The molecule has 0 spiro atoms. The Kier molecular flexibility index (Phi) is 4.72. The highest BCUT2D eigenvalue weighted by atomic mass is 16.5. The molecule has 0 radical (unpaired) electrons. The number of hydrogen-bond donors (Lipinski definition) is 0. The van der Waals surface area contributed by atoms with Gasteiger partial charge in [-0.3, -0.25) is 0 Å². The topological polar surface area (TPSA) is 26.3 Å². The largest absolute Gasteiger partial charge is 0.458 e. The molecule has 0 saturated carbocycles. The summed E-state index contributed by atoms with van der Waals surface area (Å²) >= 11 is 0. The summed E-state index contributed by atoms with van der Waals surface area (Å²) in [5.41, 5.74) is 4.35. The number of carbonyl (C=O) groups is 1. The van der Waals surface area contributed by atoms with Crippen LogP contribution in [0.3, 0.4) is 0 Å². The van der Waals surface area contributed by atoms with Crippen molar-refractivity contribution in [2.75, 3.05) is 6.61 Å². The van der Waals surface area contributed by atoms with E-state index in [2.05, 4.69) is 24.3 Å². The highest BCUT2D eigenvalue weighted by Gasteiger charge is 2.14. The first-order valence-electron chi connectivity index (χ1n) is 6.86. The van der Waals surface area contributed by atoms with Crippen LogP contribution in [0.2, 0.25) is 0 Å². The second kappa shape index (κ2) is 6.71. The van der Waals surface area contributed by atoms with Crippen LogP contribution in [0.15, 0.2) is 60.7 Å². The monoisotopic (exact) mass is 266 g/mol. The van der Waals surface area contributed by atoms with Crippen LogP contribution in [0.25, 0.3) is 16.7 Å². The predicted octanol–water partition coefficient (Wildman–Crippen LogP) is 4.32. The predicted molar refractivity (Wildman–Crippen MR) is 82.2 cm³/mol. The van der Waals surface area contributed by atoms with E-state index in [1.807, 2.05) is 44.2 Å². The number of rotatable bonds is 2. The van der Waals surface area contributed by atoms with Crippen molar-refractivity contribution in [1.82, 2.24) is 0 Å². The van der Waals surface area contributed by atoms with Gasteiger partial charge in [-0.1, -0.05) is 68.4 Å². The Morgan fingerprint density at radius 1 is 0.800 bits per heavy atom. The SMILES string of the molecule is CC.O=C1C=C(c2ccc(-c3ccccc3)cc2)CO1. The lowest BCUT2D eigenvalue weighted by molar-refractivity contribution is -0.134. The van der Waals surface area contributed by atoms with Gasteiger partial charge in [-0.2, -0.15) is 0 Å². The molecule has 20 heavy (non-hydrogen) atoms. The number of ether oxygens (including phenoxy) is 1. The van der Waals surface area contributed by atoms with E-state index in [4.69, 9.17) is 4.74 Å². The summed E-state index contributed by atoms with van der Waals surface area (Å²) in [4.78, 5) is 11.0. The summed E-state index contributed by atoms with van der Waals surface area (Å²) in [6.45, 7) is 4.38. The maximum Gasteiger partial charge on any atom is 0.331 e. The number of benzene rings is 2. The summed E-state index contributed by atoms with van der Waals surface area (Å²) in [6.07, 6.45) is 1.55. The van der Waals surface area contributed by atoms with Gasteiger partial charge < -0.3 is 4.74 Å². The molecule has 1 heterocycles. The zero-order valence-electron chi connectivity index (χ0n) is 11.8. The van der Waals surface area contributed by atoms with Crippen LogP contribution in [0, 0.1) is 0 Å². The molecule has 2 aromatic rings. The molecule has 102 valence electrons. The second-order valence-corrected chi connectivity index (χ2v) is 4.22. The number of hydrogen-bond acceptors (Lipinski definition) is 2. The van der Waals surface area contributed by atoms with E-state index in [1.54, 1.807) is 6.08 Å². The van der Waals surface area contributed by atoms with Gasteiger partial charge in [0.25, 0.3) is 0 Å². The third-order valence-corrected chi connectivity index (χ3v) is 3.02. The second-order valence-electron chi connectivity index (χ2n) is 4.22. The van der Waals surface area contributed by atoms with Gasteiger partial charge in [-0.25, -0.2) is 4.79 Å². The van der Waals surface area contributed by atoms with Gasteiger partial charge in [0.05, 0.1) is 0 Å². The Labute approximate surface area is 119 Å². The number of esters is 1. The standard InChI is InChI=1S/C16H12O2.C2H6/c17-16-10-15(11-18-16)14-8-6-13(7-9-14)12-4-2-1-3-5-12;1-2/h1-10H,11H2;1-2H3. The fourth-order valence-electron chi connectivity index (χ4n) is 2.05. The van der Waals surface area contributed by atoms with E-state index in [9.17, 15) is 4.79 Å². The minimum Gasteiger partial charge on any atom is -0.458 e. The van der Waals surface area contributed by atoms with E-state index < -0.39 is 0 Å². The highest BCUT2D eigenvalue weighted by molar-refractivity contribution is 5.95. The molecule has 0 unspecified atom stereocenters. The summed E-state index contributed by atoms with van der Waals surface area (Å²) in [7, 11) is 0. The van der Waals surface area contributed by atoms with Crippen LogP contribution < -0.4 is 0 Å². The molecule has 0 amide bonds. The van der Waals surface area contributed by atoms with Crippen LogP contribution in [-0.4, -0.2) is 12.6 Å². The first-order valence-corrected chi connectivity index (χ1v) is 6.86. The Morgan fingerprint density at radius 2 is 1.35 bits per heavy atom. The molecule has 0 aliphatic carbocycles. The lowest BCUT2D eigenvalue weighted by Gasteiger charge is -2.04. The molecule has 0 atom stereocenters. The third kappa shape index (κ3) is 3.15. The van der Waals surface area contributed by atoms with Crippen molar-refractivity contribution in [3.05, 3.63) is 66.2 Å². The molecule has 0 aromatic heterocycles. The number of carbonyl (C=O) groups excluding carboxylic acids is 1. The van der Waals surface area contributed by atoms with Crippen molar-refractivity contribution in [1.29, 1.82) is 0 Å². The molecule has 1 aliphatic rings. The quantitative estimate of drug-likeness (QED) is 0.757. The van der Waals surface area contributed by atoms with Crippen LogP contribution >= 0.6 is 0 Å².